The first-order chi connectivity index (χ1) is 19.5. The van der Waals surface area contributed by atoms with E-state index in [4.69, 9.17) is 16.3 Å². The molecule has 1 saturated carbocycles. The van der Waals surface area contributed by atoms with Gasteiger partial charge in [-0.15, -0.1) is 0 Å². The van der Waals surface area contributed by atoms with Crippen molar-refractivity contribution in [2.75, 3.05) is 32.1 Å². The Kier molecular flexibility index (Phi) is 10.3. The first kappa shape index (κ1) is 31.3. The normalized spacial score (nSPS) is 21.3. The molecule has 3 atom stereocenters. The Hall–Kier alpha value is -2.66. The highest BCUT2D eigenvalue weighted by atomic mass is 35.5. The Balaban J connectivity index is 1.62. The highest BCUT2D eigenvalue weighted by Gasteiger charge is 2.33. The standard InChI is InChI=1S/C30H40ClN3O6S/c1-20-17-34(21(2)19-35)29(36)16-23-15-25(32-30(37)22-7-5-4-6-8-22)11-14-27(23)40-28(20)18-33(3)41(38,39)26-12-9-24(31)10-13-26/h9-15,20-22,28,35H,4-8,16-19H2,1-3H3,(H,32,37)/t20-,21+,28-/m0/s1. The highest BCUT2D eigenvalue weighted by Crippen LogP contribution is 2.31. The van der Waals surface area contributed by atoms with Crippen molar-refractivity contribution in [1.82, 2.24) is 9.21 Å². The van der Waals surface area contributed by atoms with Gasteiger partial charge in [-0.1, -0.05) is 37.8 Å². The quantitative estimate of drug-likeness (QED) is 0.463. The summed E-state index contributed by atoms with van der Waals surface area (Å²) in [6.45, 7) is 3.78. The first-order valence-electron chi connectivity index (χ1n) is 14.2. The van der Waals surface area contributed by atoms with Crippen LogP contribution in [0, 0.1) is 11.8 Å². The van der Waals surface area contributed by atoms with Crippen LogP contribution in [0.3, 0.4) is 0 Å². The van der Waals surface area contributed by atoms with Gasteiger partial charge in [0.2, 0.25) is 21.8 Å². The summed E-state index contributed by atoms with van der Waals surface area (Å²) in [5.41, 5.74) is 1.18. The van der Waals surface area contributed by atoms with Crippen molar-refractivity contribution < 1.29 is 27.9 Å². The predicted molar refractivity (Wildman–Crippen MR) is 158 cm³/mol. The van der Waals surface area contributed by atoms with E-state index in [9.17, 15) is 23.1 Å². The maximum atomic E-state index is 13.5. The number of hydrogen-bond acceptors (Lipinski definition) is 6. The lowest BCUT2D eigenvalue weighted by Crippen LogP contribution is -2.48. The largest absolute Gasteiger partial charge is 0.488 e. The second-order valence-electron chi connectivity index (χ2n) is 11.3. The topological polar surface area (TPSA) is 116 Å². The molecule has 0 bridgehead atoms. The number of hydrogen-bond donors (Lipinski definition) is 2. The molecule has 2 amide bonds. The number of ether oxygens (including phenoxy) is 1. The Morgan fingerprint density at radius 1 is 1.17 bits per heavy atom. The molecule has 2 aliphatic rings. The molecule has 0 spiro atoms. The van der Waals surface area contributed by atoms with Gasteiger partial charge in [-0.05, 0) is 62.2 Å². The minimum Gasteiger partial charge on any atom is -0.488 e. The zero-order valence-corrected chi connectivity index (χ0v) is 25.5. The van der Waals surface area contributed by atoms with Crippen LogP contribution < -0.4 is 10.1 Å². The maximum Gasteiger partial charge on any atom is 0.242 e. The van der Waals surface area contributed by atoms with Gasteiger partial charge in [0.25, 0.3) is 0 Å². The molecule has 41 heavy (non-hydrogen) atoms. The molecule has 1 fully saturated rings. The summed E-state index contributed by atoms with van der Waals surface area (Å²) in [6.07, 6.45) is 4.40. The molecule has 0 radical (unpaired) electrons. The van der Waals surface area contributed by atoms with Crippen LogP contribution in [-0.2, 0) is 26.0 Å². The molecule has 9 nitrogen and oxygen atoms in total. The van der Waals surface area contributed by atoms with Crippen molar-refractivity contribution in [1.29, 1.82) is 0 Å². The summed E-state index contributed by atoms with van der Waals surface area (Å²) in [5, 5.41) is 13.3. The van der Waals surface area contributed by atoms with Crippen molar-refractivity contribution in [3.63, 3.8) is 0 Å². The summed E-state index contributed by atoms with van der Waals surface area (Å²) in [5.74, 6) is -0.0250. The molecular weight excluding hydrogens is 566 g/mol. The van der Waals surface area contributed by atoms with Crippen LogP contribution in [0.2, 0.25) is 5.02 Å². The Morgan fingerprint density at radius 3 is 2.51 bits per heavy atom. The van der Waals surface area contributed by atoms with E-state index in [1.54, 1.807) is 30.0 Å². The third-order valence-corrected chi connectivity index (χ3v) is 10.2. The fourth-order valence-corrected chi connectivity index (χ4v) is 6.78. The van der Waals surface area contributed by atoms with E-state index in [1.807, 2.05) is 6.92 Å². The molecular formula is C30H40ClN3O6S. The monoisotopic (exact) mass is 605 g/mol. The van der Waals surface area contributed by atoms with Crippen molar-refractivity contribution in [2.24, 2.45) is 11.8 Å². The molecule has 2 aromatic rings. The smallest absolute Gasteiger partial charge is 0.242 e. The molecule has 0 unspecified atom stereocenters. The summed E-state index contributed by atoms with van der Waals surface area (Å²) in [7, 11) is -2.34. The second kappa shape index (κ2) is 13.5. The number of halogens is 1. The van der Waals surface area contributed by atoms with E-state index in [0.29, 0.717) is 22.0 Å². The Bertz CT molecular complexity index is 1330. The third-order valence-electron chi connectivity index (χ3n) is 8.12. The van der Waals surface area contributed by atoms with Crippen LogP contribution in [0.5, 0.6) is 5.75 Å². The number of nitrogens with zero attached hydrogens (tertiary/aromatic N) is 2. The van der Waals surface area contributed by atoms with E-state index in [1.165, 1.54) is 35.6 Å². The van der Waals surface area contributed by atoms with Gasteiger partial charge in [0.05, 0.1) is 30.5 Å². The number of aliphatic hydroxyl groups excluding tert-OH is 1. The molecule has 0 saturated heterocycles. The number of amides is 2. The van der Waals surface area contributed by atoms with Gasteiger partial charge in [-0.25, -0.2) is 8.42 Å². The molecule has 1 heterocycles. The molecule has 0 aromatic heterocycles. The third kappa shape index (κ3) is 7.60. The summed E-state index contributed by atoms with van der Waals surface area (Å²) >= 11 is 5.95. The number of carbonyl (C=O) groups excluding carboxylic acids is 2. The van der Waals surface area contributed by atoms with E-state index < -0.39 is 22.2 Å². The molecule has 4 rings (SSSR count). The van der Waals surface area contributed by atoms with Gasteiger partial charge >= 0.3 is 0 Å². The van der Waals surface area contributed by atoms with Crippen LogP contribution in [0.1, 0.15) is 51.5 Å². The molecule has 11 heteroatoms. The molecule has 224 valence electrons. The number of aliphatic hydroxyl groups is 1. The zero-order valence-electron chi connectivity index (χ0n) is 23.9. The average Bonchev–Trinajstić information content (AvgIpc) is 3.00. The van der Waals surface area contributed by atoms with E-state index in [-0.39, 0.29) is 54.7 Å². The van der Waals surface area contributed by atoms with Crippen molar-refractivity contribution >= 4 is 39.1 Å². The van der Waals surface area contributed by atoms with E-state index >= 15 is 0 Å². The van der Waals surface area contributed by atoms with Crippen LogP contribution in [0.25, 0.3) is 0 Å². The Labute approximate surface area is 247 Å². The number of nitrogens with one attached hydrogen (secondary N) is 1. The molecule has 2 N–H and O–H groups in total. The fraction of sp³-hybridized carbons (Fsp3) is 0.533. The van der Waals surface area contributed by atoms with Gasteiger partial charge in [-0.3, -0.25) is 9.59 Å². The van der Waals surface area contributed by atoms with Gasteiger partial charge in [0.1, 0.15) is 11.9 Å². The molecule has 1 aliphatic heterocycles. The van der Waals surface area contributed by atoms with E-state index in [2.05, 4.69) is 5.32 Å². The van der Waals surface area contributed by atoms with Crippen LogP contribution in [-0.4, -0.2) is 73.4 Å². The maximum absolute atomic E-state index is 13.5. The molecule has 2 aromatic carbocycles. The number of fused-ring (bicyclic) bond motifs is 1. The zero-order chi connectivity index (χ0) is 29.7. The minimum absolute atomic E-state index is 0.0175. The highest BCUT2D eigenvalue weighted by molar-refractivity contribution is 7.89. The number of sulfonamides is 1. The SMILES string of the molecule is C[C@H](CO)N1C[C@H](C)[C@H](CN(C)S(=O)(=O)c2ccc(Cl)cc2)Oc2ccc(NC(=O)C3CCCCC3)cc2CC1=O. The first-order valence-corrected chi connectivity index (χ1v) is 16.0. The van der Waals surface area contributed by atoms with Gasteiger partial charge < -0.3 is 20.1 Å². The number of likely N-dealkylation sites (N-methyl/N-ethyl adjacent to an activating group) is 1. The number of rotatable bonds is 8. The Morgan fingerprint density at radius 2 is 1.85 bits per heavy atom. The number of benzene rings is 2. The summed E-state index contributed by atoms with van der Waals surface area (Å²) in [4.78, 5) is 28.1. The lowest BCUT2D eigenvalue weighted by atomic mass is 9.88. The number of carbonyl (C=O) groups is 2. The van der Waals surface area contributed by atoms with Crippen molar-refractivity contribution in [3.8, 4) is 5.75 Å². The van der Waals surface area contributed by atoms with Crippen LogP contribution in [0.15, 0.2) is 47.4 Å². The summed E-state index contributed by atoms with van der Waals surface area (Å²) in [6, 6.07) is 10.8. The fourth-order valence-electron chi connectivity index (χ4n) is 5.47. The van der Waals surface area contributed by atoms with Crippen molar-refractivity contribution in [2.45, 2.75) is 69.4 Å². The second-order valence-corrected chi connectivity index (χ2v) is 13.8. The predicted octanol–water partition coefficient (Wildman–Crippen LogP) is 4.33. The van der Waals surface area contributed by atoms with Crippen LogP contribution in [0.4, 0.5) is 5.69 Å². The van der Waals surface area contributed by atoms with E-state index in [0.717, 1.165) is 32.1 Å². The molecule has 1 aliphatic carbocycles. The average molecular weight is 606 g/mol. The van der Waals surface area contributed by atoms with Gasteiger partial charge in [0.15, 0.2) is 0 Å². The van der Waals surface area contributed by atoms with Crippen molar-refractivity contribution in [3.05, 3.63) is 53.1 Å². The van der Waals surface area contributed by atoms with Gasteiger partial charge in [-0.2, -0.15) is 4.31 Å². The number of anilines is 1. The lowest BCUT2D eigenvalue weighted by molar-refractivity contribution is -0.134. The minimum atomic E-state index is -3.84. The summed E-state index contributed by atoms with van der Waals surface area (Å²) < 4.78 is 34.4. The van der Waals surface area contributed by atoms with Gasteiger partial charge in [0, 0.05) is 41.7 Å². The van der Waals surface area contributed by atoms with Crippen LogP contribution >= 0.6 is 11.6 Å². The lowest BCUT2D eigenvalue weighted by Gasteiger charge is -2.33.